The van der Waals surface area contributed by atoms with Gasteiger partial charge in [0.1, 0.15) is 0 Å². The number of nitrogens with zero attached hydrogens (tertiary/aromatic N) is 1. The van der Waals surface area contributed by atoms with Crippen LogP contribution >= 0.6 is 23.2 Å². The van der Waals surface area contributed by atoms with E-state index in [1.807, 2.05) is 6.92 Å². The number of carbonyl (C=O) groups is 3. The summed E-state index contributed by atoms with van der Waals surface area (Å²) >= 11 is 12.1. The molecule has 0 aliphatic heterocycles. The summed E-state index contributed by atoms with van der Waals surface area (Å²) in [7, 11) is 1.42. The van der Waals surface area contributed by atoms with Crippen molar-refractivity contribution in [2.45, 2.75) is 13.8 Å². The van der Waals surface area contributed by atoms with Crippen LogP contribution in [0.3, 0.4) is 0 Å². The predicted octanol–water partition coefficient (Wildman–Crippen LogP) is 5.01. The maximum Gasteiger partial charge on any atom is 0.345 e. The van der Waals surface area contributed by atoms with Crippen molar-refractivity contribution in [1.82, 2.24) is 5.43 Å². The lowest BCUT2D eigenvalue weighted by atomic mass is 10.1. The number of amides is 2. The number of aryl methyl sites for hydroxylation is 1. The molecule has 0 heterocycles. The Labute approximate surface area is 211 Å². The van der Waals surface area contributed by atoms with Crippen molar-refractivity contribution >= 4 is 52.4 Å². The number of benzene rings is 3. The minimum atomic E-state index is -0.960. The smallest absolute Gasteiger partial charge is 0.345 e. The second-order valence-electron chi connectivity index (χ2n) is 7.29. The van der Waals surface area contributed by atoms with E-state index >= 15 is 0 Å². The second-order valence-corrected chi connectivity index (χ2v) is 8.11. The highest BCUT2D eigenvalue weighted by Gasteiger charge is 2.17. The first-order chi connectivity index (χ1) is 16.7. The number of esters is 1. The van der Waals surface area contributed by atoms with Crippen molar-refractivity contribution in [3.63, 3.8) is 0 Å². The van der Waals surface area contributed by atoms with Crippen LogP contribution < -0.4 is 20.2 Å². The predicted molar refractivity (Wildman–Crippen MR) is 135 cm³/mol. The van der Waals surface area contributed by atoms with E-state index in [0.29, 0.717) is 22.0 Å². The summed E-state index contributed by atoms with van der Waals surface area (Å²) in [5.41, 5.74) is 4.58. The molecule has 180 valence electrons. The molecule has 3 rings (SSSR count). The number of nitrogens with one attached hydrogen (secondary N) is 2. The monoisotopic (exact) mass is 513 g/mol. The summed E-state index contributed by atoms with van der Waals surface area (Å²) < 4.78 is 10.7. The molecule has 2 amide bonds. The van der Waals surface area contributed by atoms with Gasteiger partial charge in [-0.05, 0) is 61.9 Å². The molecule has 0 saturated heterocycles. The molecule has 2 N–H and O–H groups in total. The van der Waals surface area contributed by atoms with Crippen LogP contribution in [0.1, 0.15) is 28.4 Å². The lowest BCUT2D eigenvalue weighted by Gasteiger charge is -2.12. The van der Waals surface area contributed by atoms with Gasteiger partial charge in [-0.1, -0.05) is 41.4 Å². The van der Waals surface area contributed by atoms with Crippen molar-refractivity contribution < 1.29 is 23.9 Å². The quantitative estimate of drug-likeness (QED) is 0.158. The van der Waals surface area contributed by atoms with Crippen LogP contribution in [0.5, 0.6) is 11.5 Å². The molecule has 0 unspecified atom stereocenters. The normalized spacial score (nSPS) is 10.9. The maximum absolute atomic E-state index is 12.5. The van der Waals surface area contributed by atoms with Gasteiger partial charge in [0.2, 0.25) is 0 Å². The highest BCUT2D eigenvalue weighted by molar-refractivity contribution is 6.40. The van der Waals surface area contributed by atoms with Crippen molar-refractivity contribution in [3.8, 4) is 11.5 Å². The second kappa shape index (κ2) is 11.5. The molecule has 3 aromatic carbocycles. The Morgan fingerprint density at radius 2 is 1.63 bits per heavy atom. The Kier molecular flexibility index (Phi) is 8.46. The lowest BCUT2D eigenvalue weighted by molar-refractivity contribution is -0.136. The standard InChI is InChI=1S/C25H21Cl2N3O5/c1-14-8-10-17(13-20(14)27)28-23(31)24(32)30-29-15(2)16-9-11-21(22(12-16)34-3)35-25(33)18-6-4-5-7-19(18)26/h4-13H,1-3H3,(H,28,31)(H,30,32). The number of hydrazone groups is 1. The van der Waals surface area contributed by atoms with Crippen LogP contribution in [0.2, 0.25) is 10.0 Å². The van der Waals surface area contributed by atoms with E-state index in [-0.39, 0.29) is 22.1 Å². The van der Waals surface area contributed by atoms with Crippen LogP contribution in [0.4, 0.5) is 5.69 Å². The molecule has 10 heteroatoms. The first-order valence-corrected chi connectivity index (χ1v) is 11.0. The topological polar surface area (TPSA) is 106 Å². The van der Waals surface area contributed by atoms with Gasteiger partial charge in [-0.2, -0.15) is 5.10 Å². The third-order valence-corrected chi connectivity index (χ3v) is 5.58. The molecule has 0 aliphatic rings. The molecular weight excluding hydrogens is 493 g/mol. The average Bonchev–Trinajstić information content (AvgIpc) is 2.84. The number of halogens is 2. The number of hydrogen-bond acceptors (Lipinski definition) is 6. The van der Waals surface area contributed by atoms with Crippen molar-refractivity contribution in [1.29, 1.82) is 0 Å². The van der Waals surface area contributed by atoms with Crippen LogP contribution in [0, 0.1) is 6.92 Å². The van der Waals surface area contributed by atoms with Gasteiger partial charge in [-0.15, -0.1) is 0 Å². The summed E-state index contributed by atoms with van der Waals surface area (Å²) in [6.07, 6.45) is 0. The van der Waals surface area contributed by atoms with Gasteiger partial charge in [0.05, 0.1) is 23.4 Å². The third-order valence-electron chi connectivity index (χ3n) is 4.84. The number of anilines is 1. The Bertz CT molecular complexity index is 1320. The van der Waals surface area contributed by atoms with Gasteiger partial charge < -0.3 is 14.8 Å². The molecule has 0 spiro atoms. The maximum atomic E-state index is 12.5. The Balaban J connectivity index is 1.67. The molecule has 8 nitrogen and oxygen atoms in total. The molecule has 0 fully saturated rings. The molecule has 35 heavy (non-hydrogen) atoms. The summed E-state index contributed by atoms with van der Waals surface area (Å²) in [5, 5.41) is 7.15. The van der Waals surface area contributed by atoms with Crippen LogP contribution in [0.15, 0.2) is 65.8 Å². The van der Waals surface area contributed by atoms with Gasteiger partial charge in [0, 0.05) is 16.3 Å². The van der Waals surface area contributed by atoms with Gasteiger partial charge in [0.15, 0.2) is 11.5 Å². The van der Waals surface area contributed by atoms with E-state index in [1.54, 1.807) is 61.5 Å². The van der Waals surface area contributed by atoms with E-state index in [4.69, 9.17) is 32.7 Å². The zero-order chi connectivity index (χ0) is 25.5. The number of hydrogen-bond donors (Lipinski definition) is 2. The molecule has 3 aromatic rings. The van der Waals surface area contributed by atoms with Gasteiger partial charge in [-0.3, -0.25) is 9.59 Å². The molecule has 0 bridgehead atoms. The van der Waals surface area contributed by atoms with E-state index in [0.717, 1.165) is 5.56 Å². The van der Waals surface area contributed by atoms with Crippen molar-refractivity contribution in [2.75, 3.05) is 12.4 Å². The molecular formula is C25H21Cl2N3O5. The number of rotatable bonds is 6. The summed E-state index contributed by atoms with van der Waals surface area (Å²) in [6.45, 7) is 3.45. The van der Waals surface area contributed by atoms with Crippen LogP contribution in [0.25, 0.3) is 0 Å². The van der Waals surface area contributed by atoms with Crippen LogP contribution in [-0.2, 0) is 9.59 Å². The SMILES string of the molecule is COc1cc(C(C)=NNC(=O)C(=O)Nc2ccc(C)c(Cl)c2)ccc1OC(=O)c1ccccc1Cl. The molecule has 0 aromatic heterocycles. The minimum absolute atomic E-state index is 0.175. The highest BCUT2D eigenvalue weighted by atomic mass is 35.5. The average molecular weight is 514 g/mol. The zero-order valence-electron chi connectivity index (χ0n) is 19.0. The summed E-state index contributed by atoms with van der Waals surface area (Å²) in [5.74, 6) is -2.06. The largest absolute Gasteiger partial charge is 0.493 e. The Morgan fingerprint density at radius 3 is 2.31 bits per heavy atom. The third kappa shape index (κ3) is 6.59. The summed E-state index contributed by atoms with van der Waals surface area (Å²) in [6, 6.07) is 16.1. The number of ether oxygens (including phenoxy) is 2. The molecule has 0 saturated carbocycles. The molecule has 0 radical (unpaired) electrons. The van der Waals surface area contributed by atoms with Gasteiger partial charge in [0.25, 0.3) is 0 Å². The van der Waals surface area contributed by atoms with Crippen molar-refractivity contribution in [2.24, 2.45) is 5.10 Å². The van der Waals surface area contributed by atoms with Gasteiger partial charge in [-0.25, -0.2) is 10.2 Å². The summed E-state index contributed by atoms with van der Waals surface area (Å²) in [4.78, 5) is 36.7. The number of carbonyl (C=O) groups excluding carboxylic acids is 3. The lowest BCUT2D eigenvalue weighted by Crippen LogP contribution is -2.32. The van der Waals surface area contributed by atoms with Gasteiger partial charge >= 0.3 is 17.8 Å². The first kappa shape index (κ1) is 25.7. The molecule has 0 aliphatic carbocycles. The fourth-order valence-corrected chi connectivity index (χ4v) is 3.26. The van der Waals surface area contributed by atoms with Crippen molar-refractivity contribution in [3.05, 3.63) is 87.4 Å². The minimum Gasteiger partial charge on any atom is -0.493 e. The van der Waals surface area contributed by atoms with E-state index < -0.39 is 17.8 Å². The fraction of sp³-hybridized carbons (Fsp3) is 0.120. The van der Waals surface area contributed by atoms with Crippen LogP contribution in [-0.4, -0.2) is 30.6 Å². The van der Waals surface area contributed by atoms with E-state index in [1.165, 1.54) is 13.2 Å². The Morgan fingerprint density at radius 1 is 0.886 bits per heavy atom. The van der Waals surface area contributed by atoms with E-state index in [9.17, 15) is 14.4 Å². The molecule has 0 atom stereocenters. The highest BCUT2D eigenvalue weighted by Crippen LogP contribution is 2.30. The Hall–Kier alpha value is -3.88. The van der Waals surface area contributed by atoms with E-state index in [2.05, 4.69) is 15.8 Å². The zero-order valence-corrected chi connectivity index (χ0v) is 20.5. The first-order valence-electron chi connectivity index (χ1n) is 10.3. The fourth-order valence-electron chi connectivity index (χ4n) is 2.87. The number of methoxy groups -OCH3 is 1.